The fourth-order valence-corrected chi connectivity index (χ4v) is 3.12. The second-order valence-electron chi connectivity index (χ2n) is 9.20. The van der Waals surface area contributed by atoms with Gasteiger partial charge in [0.15, 0.2) is 5.78 Å². The van der Waals surface area contributed by atoms with Crippen LogP contribution >= 0.6 is 0 Å². The van der Waals surface area contributed by atoms with Gasteiger partial charge in [-0.15, -0.1) is 0 Å². The number of hydrogen-bond acceptors (Lipinski definition) is 4. The number of Topliss-reactive ketones (excluding diaryl/α,β-unsaturated/α-hetero) is 3. The first-order valence-electron chi connectivity index (χ1n) is 15.5. The maximum Gasteiger partial charge on any atom is 0.159 e. The third-order valence-corrected chi connectivity index (χ3v) is 5.86. The van der Waals surface area contributed by atoms with Crippen molar-refractivity contribution in [3.05, 3.63) is 59.7 Å². The van der Waals surface area contributed by atoms with Gasteiger partial charge >= 0.3 is 0 Å². The zero-order valence-electron chi connectivity index (χ0n) is 27.7. The van der Waals surface area contributed by atoms with Crippen LogP contribution in [0.1, 0.15) is 131 Å². The number of unbranched alkanes of at least 4 members (excludes halogenated alkanes) is 3. The van der Waals surface area contributed by atoms with Crippen LogP contribution in [0.25, 0.3) is 11.1 Å². The van der Waals surface area contributed by atoms with Crippen molar-refractivity contribution < 1.29 is 19.1 Å². The quantitative estimate of drug-likeness (QED) is 0.140. The zero-order valence-corrected chi connectivity index (χ0v) is 27.7. The summed E-state index contributed by atoms with van der Waals surface area (Å²) < 4.78 is 5.22. The maximum atomic E-state index is 11.3. The smallest absolute Gasteiger partial charge is 0.159 e. The molecule has 0 radical (unpaired) electrons. The van der Waals surface area contributed by atoms with Gasteiger partial charge in [0, 0.05) is 18.8 Å². The van der Waals surface area contributed by atoms with Gasteiger partial charge in [-0.2, -0.15) is 0 Å². The summed E-state index contributed by atoms with van der Waals surface area (Å²) >= 11 is 0. The van der Waals surface area contributed by atoms with Crippen molar-refractivity contribution in [2.24, 2.45) is 5.92 Å². The van der Waals surface area contributed by atoms with E-state index in [0.29, 0.717) is 0 Å². The lowest BCUT2D eigenvalue weighted by Gasteiger charge is -2.05. The number of hydrogen-bond donors (Lipinski definition) is 0. The van der Waals surface area contributed by atoms with Gasteiger partial charge < -0.3 is 4.74 Å². The number of rotatable bonds is 13. The van der Waals surface area contributed by atoms with E-state index < -0.39 is 5.92 Å². The summed E-state index contributed by atoms with van der Waals surface area (Å²) in [6, 6.07) is 16.6. The van der Waals surface area contributed by atoms with Crippen LogP contribution in [0.5, 0.6) is 0 Å². The Morgan fingerprint density at radius 1 is 0.625 bits per heavy atom. The molecule has 0 saturated heterocycles. The molecule has 0 N–H and O–H groups in total. The van der Waals surface area contributed by atoms with Crippen molar-refractivity contribution in [2.75, 3.05) is 13.2 Å². The maximum absolute atomic E-state index is 11.3. The fraction of sp³-hybridized carbons (Fsp3) is 0.583. The number of aryl methyl sites for hydroxylation is 1. The zero-order chi connectivity index (χ0) is 31.3. The Morgan fingerprint density at radius 2 is 1.07 bits per heavy atom. The summed E-state index contributed by atoms with van der Waals surface area (Å²) in [6.45, 7) is 22.5. The first kappa shape index (κ1) is 41.9. The highest BCUT2D eigenvalue weighted by atomic mass is 16.5. The molecule has 0 unspecified atom stereocenters. The van der Waals surface area contributed by atoms with E-state index in [4.69, 9.17) is 4.74 Å². The summed E-state index contributed by atoms with van der Waals surface area (Å²) in [4.78, 5) is 32.0. The lowest BCUT2D eigenvalue weighted by molar-refractivity contribution is -0.129. The van der Waals surface area contributed by atoms with Gasteiger partial charge in [-0.25, -0.2) is 0 Å². The monoisotopic (exact) mass is 556 g/mol. The molecule has 0 saturated carbocycles. The van der Waals surface area contributed by atoms with Crippen molar-refractivity contribution in [1.82, 2.24) is 0 Å². The minimum Gasteiger partial charge on any atom is -0.381 e. The summed E-state index contributed by atoms with van der Waals surface area (Å²) in [5.74, 6) is -0.409. The average Bonchev–Trinajstić information content (AvgIpc) is 2.98. The topological polar surface area (TPSA) is 60.4 Å². The van der Waals surface area contributed by atoms with Gasteiger partial charge in [-0.05, 0) is 70.1 Å². The molecule has 0 bridgehead atoms. The Hall–Kier alpha value is -2.59. The third-order valence-electron chi connectivity index (χ3n) is 5.86. The van der Waals surface area contributed by atoms with E-state index in [1.165, 1.54) is 57.1 Å². The molecule has 228 valence electrons. The second-order valence-corrected chi connectivity index (χ2v) is 9.20. The van der Waals surface area contributed by atoms with Gasteiger partial charge in [-0.1, -0.05) is 116 Å². The number of carbonyl (C=O) groups excluding carboxylic acids is 3. The molecule has 0 aliphatic heterocycles. The van der Waals surface area contributed by atoms with Crippen LogP contribution in [0.15, 0.2) is 48.5 Å². The van der Waals surface area contributed by atoms with E-state index in [-0.39, 0.29) is 17.3 Å². The highest BCUT2D eigenvalue weighted by Crippen LogP contribution is 2.21. The predicted molar refractivity (Wildman–Crippen MR) is 174 cm³/mol. The lowest BCUT2D eigenvalue weighted by Crippen LogP contribution is -2.14. The molecule has 2 aromatic carbocycles. The number of carbonyl (C=O) groups is 3. The SMILES string of the molecule is CC.CC.CC(=O)C(C)C(C)=O.CCCCCc1ccc(-c2ccc(C(C)=O)cc2)cc1.CCCCOCCC. The van der Waals surface area contributed by atoms with Gasteiger partial charge in [-0.3, -0.25) is 14.4 Å². The van der Waals surface area contributed by atoms with E-state index in [1.54, 1.807) is 13.8 Å². The second kappa shape index (κ2) is 29.4. The van der Waals surface area contributed by atoms with Crippen LogP contribution in [0.3, 0.4) is 0 Å². The molecule has 2 aromatic rings. The molecule has 40 heavy (non-hydrogen) atoms. The average molecular weight is 557 g/mol. The van der Waals surface area contributed by atoms with E-state index in [2.05, 4.69) is 45.0 Å². The van der Waals surface area contributed by atoms with E-state index in [9.17, 15) is 14.4 Å². The molecule has 4 nitrogen and oxygen atoms in total. The van der Waals surface area contributed by atoms with Crippen LogP contribution in [0.4, 0.5) is 0 Å². The molecule has 0 aromatic heterocycles. The van der Waals surface area contributed by atoms with Crippen LogP contribution < -0.4 is 0 Å². The Balaban J connectivity index is -0.000000570. The first-order valence-corrected chi connectivity index (χ1v) is 15.5. The normalized spacial score (nSPS) is 9.40. The highest BCUT2D eigenvalue weighted by Gasteiger charge is 2.11. The van der Waals surface area contributed by atoms with Gasteiger partial charge in [0.1, 0.15) is 11.6 Å². The largest absolute Gasteiger partial charge is 0.381 e. The molecular formula is C36H60O4. The van der Waals surface area contributed by atoms with E-state index in [0.717, 1.165) is 37.2 Å². The highest BCUT2D eigenvalue weighted by molar-refractivity contribution is 5.99. The molecular weight excluding hydrogens is 496 g/mol. The van der Waals surface area contributed by atoms with E-state index in [1.807, 2.05) is 52.0 Å². The molecule has 0 fully saturated rings. The summed E-state index contributed by atoms with van der Waals surface area (Å²) in [5, 5.41) is 0. The minimum atomic E-state index is -0.407. The Labute approximate surface area is 247 Å². The van der Waals surface area contributed by atoms with Crippen molar-refractivity contribution in [3.63, 3.8) is 0 Å². The molecule has 0 aliphatic rings. The molecule has 0 spiro atoms. The number of benzene rings is 2. The number of ether oxygens (including phenoxy) is 1. The van der Waals surface area contributed by atoms with Gasteiger partial charge in [0.25, 0.3) is 0 Å². The standard InChI is InChI=1S/C19H22O.C7H16O.C6H10O2.2C2H6/c1-3-4-5-6-16-7-9-18(10-8-16)19-13-11-17(12-14-19)15(2)20;1-3-5-7-8-6-4-2;1-4(5(2)7)6(3)8;2*1-2/h7-14H,3-6H2,1-2H3;3-7H2,1-2H3;4H,1-3H3;2*1-2H3. The van der Waals surface area contributed by atoms with Crippen LogP contribution in [-0.4, -0.2) is 30.6 Å². The summed E-state index contributed by atoms with van der Waals surface area (Å²) in [7, 11) is 0. The van der Waals surface area contributed by atoms with Crippen molar-refractivity contribution in [3.8, 4) is 11.1 Å². The fourth-order valence-electron chi connectivity index (χ4n) is 3.12. The Kier molecular flexibility index (Phi) is 30.8. The Bertz CT molecular complexity index is 847. The van der Waals surface area contributed by atoms with Crippen LogP contribution in [0.2, 0.25) is 0 Å². The van der Waals surface area contributed by atoms with Crippen molar-refractivity contribution in [2.45, 2.75) is 121 Å². The molecule has 0 amide bonds. The third kappa shape index (κ3) is 22.2. The first-order chi connectivity index (χ1) is 19.2. The minimum absolute atomic E-state index is 0.0579. The van der Waals surface area contributed by atoms with Gasteiger partial charge in [0.2, 0.25) is 0 Å². The lowest BCUT2D eigenvalue weighted by atomic mass is 10.00. The van der Waals surface area contributed by atoms with Gasteiger partial charge in [0.05, 0.1) is 5.92 Å². The molecule has 2 rings (SSSR count). The van der Waals surface area contributed by atoms with Crippen LogP contribution in [0, 0.1) is 5.92 Å². The Morgan fingerprint density at radius 3 is 1.43 bits per heavy atom. The molecule has 0 heterocycles. The molecule has 0 aliphatic carbocycles. The summed E-state index contributed by atoms with van der Waals surface area (Å²) in [6.07, 6.45) is 8.59. The number of ketones is 3. The van der Waals surface area contributed by atoms with E-state index >= 15 is 0 Å². The molecule has 0 atom stereocenters. The van der Waals surface area contributed by atoms with Crippen molar-refractivity contribution in [1.29, 1.82) is 0 Å². The summed E-state index contributed by atoms with van der Waals surface area (Å²) in [5.41, 5.74) is 4.54. The van der Waals surface area contributed by atoms with Crippen molar-refractivity contribution >= 4 is 17.3 Å². The molecule has 4 heteroatoms. The predicted octanol–water partition coefficient (Wildman–Crippen LogP) is 10.4. The van der Waals surface area contributed by atoms with Crippen LogP contribution in [-0.2, 0) is 20.7 Å².